The van der Waals surface area contributed by atoms with Gasteiger partial charge in [-0.2, -0.15) is 0 Å². The number of allylic oxidation sites excluding steroid dienone is 1. The van der Waals surface area contributed by atoms with Crippen LogP contribution in [0.4, 0.5) is 0 Å². The summed E-state index contributed by atoms with van der Waals surface area (Å²) in [6, 6.07) is 0. The number of carbonyl (C=O) groups excluding carboxylic acids is 1. The summed E-state index contributed by atoms with van der Waals surface area (Å²) in [7, 11) is 0. The largest absolute Gasteiger partial charge is 0.458 e. The zero-order valence-corrected chi connectivity index (χ0v) is 6.33. The van der Waals surface area contributed by atoms with E-state index in [-0.39, 0.29) is 12.1 Å². The van der Waals surface area contributed by atoms with Gasteiger partial charge in [-0.3, -0.25) is 4.79 Å². The fraction of sp³-hybridized carbons (Fsp3) is 0.625. The van der Waals surface area contributed by atoms with Crippen LogP contribution in [-0.4, -0.2) is 12.1 Å². The molecular formula is C8H12O2. The van der Waals surface area contributed by atoms with Gasteiger partial charge in [0.05, 0.1) is 0 Å². The van der Waals surface area contributed by atoms with Crippen LogP contribution < -0.4 is 0 Å². The Hall–Kier alpha value is -0.790. The van der Waals surface area contributed by atoms with Crippen molar-refractivity contribution in [1.29, 1.82) is 0 Å². The Kier molecular flexibility index (Phi) is 2.10. The van der Waals surface area contributed by atoms with Crippen LogP contribution in [0.1, 0.15) is 20.3 Å². The van der Waals surface area contributed by atoms with Gasteiger partial charge in [-0.1, -0.05) is 13.0 Å². The summed E-state index contributed by atoms with van der Waals surface area (Å²) in [6.07, 6.45) is 5.06. The maximum Gasteiger partial charge on any atom is 0.303 e. The molecule has 0 heterocycles. The molecule has 0 saturated heterocycles. The third kappa shape index (κ3) is 1.59. The molecule has 0 fully saturated rings. The summed E-state index contributed by atoms with van der Waals surface area (Å²) < 4.78 is 5.00. The molecule has 0 radical (unpaired) electrons. The van der Waals surface area contributed by atoms with Crippen LogP contribution in [0.15, 0.2) is 12.2 Å². The molecule has 10 heavy (non-hydrogen) atoms. The van der Waals surface area contributed by atoms with E-state index in [0.29, 0.717) is 5.92 Å². The third-order valence-electron chi connectivity index (χ3n) is 1.70. The molecular weight excluding hydrogens is 128 g/mol. The van der Waals surface area contributed by atoms with Crippen molar-refractivity contribution in [2.24, 2.45) is 5.92 Å². The van der Waals surface area contributed by atoms with Crippen molar-refractivity contribution in [3.63, 3.8) is 0 Å². The van der Waals surface area contributed by atoms with Crippen molar-refractivity contribution in [2.75, 3.05) is 0 Å². The first-order valence-electron chi connectivity index (χ1n) is 3.54. The number of ether oxygens (including phenoxy) is 1. The van der Waals surface area contributed by atoms with Gasteiger partial charge in [-0.15, -0.1) is 0 Å². The second-order valence-corrected chi connectivity index (χ2v) is 2.72. The first-order valence-corrected chi connectivity index (χ1v) is 3.54. The first-order chi connectivity index (χ1) is 4.70. The van der Waals surface area contributed by atoms with E-state index in [4.69, 9.17) is 4.74 Å². The van der Waals surface area contributed by atoms with Gasteiger partial charge in [0.1, 0.15) is 6.10 Å². The monoisotopic (exact) mass is 140 g/mol. The Morgan fingerprint density at radius 3 is 2.80 bits per heavy atom. The second kappa shape index (κ2) is 2.86. The smallest absolute Gasteiger partial charge is 0.303 e. The van der Waals surface area contributed by atoms with Crippen molar-refractivity contribution < 1.29 is 9.53 Å². The van der Waals surface area contributed by atoms with Crippen LogP contribution in [0.5, 0.6) is 0 Å². The van der Waals surface area contributed by atoms with Crippen molar-refractivity contribution in [3.8, 4) is 0 Å². The van der Waals surface area contributed by atoms with E-state index in [9.17, 15) is 4.79 Å². The van der Waals surface area contributed by atoms with E-state index in [1.54, 1.807) is 0 Å². The summed E-state index contributed by atoms with van der Waals surface area (Å²) in [5, 5.41) is 0. The molecule has 0 amide bonds. The summed E-state index contributed by atoms with van der Waals surface area (Å²) in [5.41, 5.74) is 0. The van der Waals surface area contributed by atoms with Crippen LogP contribution in [0.2, 0.25) is 0 Å². The van der Waals surface area contributed by atoms with Crippen LogP contribution >= 0.6 is 0 Å². The van der Waals surface area contributed by atoms with Crippen molar-refractivity contribution >= 4 is 5.97 Å². The average Bonchev–Trinajstić information content (AvgIpc) is 2.15. The van der Waals surface area contributed by atoms with E-state index in [1.165, 1.54) is 6.92 Å². The Labute approximate surface area is 60.9 Å². The summed E-state index contributed by atoms with van der Waals surface area (Å²) in [6.45, 7) is 3.52. The zero-order valence-electron chi connectivity index (χ0n) is 6.33. The van der Waals surface area contributed by atoms with Gasteiger partial charge in [0.25, 0.3) is 0 Å². The van der Waals surface area contributed by atoms with Crippen LogP contribution in [-0.2, 0) is 9.53 Å². The maximum absolute atomic E-state index is 10.5. The topological polar surface area (TPSA) is 26.3 Å². The minimum absolute atomic E-state index is 0.0255. The van der Waals surface area contributed by atoms with Gasteiger partial charge in [0.2, 0.25) is 0 Å². The number of carbonyl (C=O) groups is 1. The summed E-state index contributed by atoms with van der Waals surface area (Å²) in [5.74, 6) is 0.271. The highest BCUT2D eigenvalue weighted by molar-refractivity contribution is 5.66. The highest BCUT2D eigenvalue weighted by Crippen LogP contribution is 2.20. The van der Waals surface area contributed by atoms with Crippen molar-refractivity contribution in [1.82, 2.24) is 0 Å². The molecule has 0 aliphatic heterocycles. The second-order valence-electron chi connectivity index (χ2n) is 2.72. The number of hydrogen-bond acceptors (Lipinski definition) is 2. The summed E-state index contributed by atoms with van der Waals surface area (Å²) in [4.78, 5) is 10.5. The molecule has 2 nitrogen and oxygen atoms in total. The van der Waals surface area contributed by atoms with E-state index in [0.717, 1.165) is 6.42 Å². The van der Waals surface area contributed by atoms with E-state index in [2.05, 4.69) is 13.0 Å². The fourth-order valence-electron chi connectivity index (χ4n) is 1.10. The number of esters is 1. The molecule has 1 rings (SSSR count). The highest BCUT2D eigenvalue weighted by Gasteiger charge is 2.20. The molecule has 0 bridgehead atoms. The lowest BCUT2D eigenvalue weighted by Gasteiger charge is -2.13. The standard InChI is InChI=1S/C8H12O2/c1-6-4-3-5-8(6)10-7(2)9/h3,5-6,8H,4H2,1-2H3. The molecule has 2 unspecified atom stereocenters. The Morgan fingerprint density at radius 2 is 2.40 bits per heavy atom. The van der Waals surface area contributed by atoms with Gasteiger partial charge in [0.15, 0.2) is 0 Å². The van der Waals surface area contributed by atoms with Crippen molar-refractivity contribution in [2.45, 2.75) is 26.4 Å². The first kappa shape index (κ1) is 7.32. The molecule has 2 atom stereocenters. The lowest BCUT2D eigenvalue weighted by atomic mass is 10.1. The lowest BCUT2D eigenvalue weighted by Crippen LogP contribution is -2.17. The molecule has 2 heteroatoms. The van der Waals surface area contributed by atoms with Crippen LogP contribution in [0.3, 0.4) is 0 Å². The van der Waals surface area contributed by atoms with Gasteiger partial charge >= 0.3 is 5.97 Å². The zero-order chi connectivity index (χ0) is 7.56. The minimum atomic E-state index is -0.191. The lowest BCUT2D eigenvalue weighted by molar-refractivity contribution is -0.145. The SMILES string of the molecule is CC(=O)OC1C=CCC1C. The van der Waals surface area contributed by atoms with Crippen LogP contribution in [0, 0.1) is 5.92 Å². The van der Waals surface area contributed by atoms with E-state index < -0.39 is 0 Å². The summed E-state index contributed by atoms with van der Waals surface area (Å²) >= 11 is 0. The predicted molar refractivity (Wildman–Crippen MR) is 38.5 cm³/mol. The Bertz CT molecular complexity index is 161. The normalized spacial score (nSPS) is 30.6. The van der Waals surface area contributed by atoms with Gasteiger partial charge in [-0.05, 0) is 12.5 Å². The highest BCUT2D eigenvalue weighted by atomic mass is 16.5. The van der Waals surface area contributed by atoms with E-state index in [1.807, 2.05) is 6.08 Å². The van der Waals surface area contributed by atoms with Crippen molar-refractivity contribution in [3.05, 3.63) is 12.2 Å². The minimum Gasteiger partial charge on any atom is -0.458 e. The fourth-order valence-corrected chi connectivity index (χ4v) is 1.10. The van der Waals surface area contributed by atoms with E-state index >= 15 is 0 Å². The Morgan fingerprint density at radius 1 is 1.70 bits per heavy atom. The molecule has 0 spiro atoms. The maximum atomic E-state index is 10.5. The molecule has 0 saturated carbocycles. The molecule has 1 aliphatic rings. The quantitative estimate of drug-likeness (QED) is 0.407. The van der Waals surface area contributed by atoms with Crippen LogP contribution in [0.25, 0.3) is 0 Å². The third-order valence-corrected chi connectivity index (χ3v) is 1.70. The molecule has 0 aromatic heterocycles. The molecule has 56 valence electrons. The molecule has 0 N–H and O–H groups in total. The van der Waals surface area contributed by atoms with Gasteiger partial charge in [-0.25, -0.2) is 0 Å². The molecule has 1 aliphatic carbocycles. The molecule has 0 aromatic carbocycles. The Balaban J connectivity index is 2.40. The average molecular weight is 140 g/mol. The molecule has 0 aromatic rings. The van der Waals surface area contributed by atoms with Gasteiger partial charge < -0.3 is 4.74 Å². The number of hydrogen-bond donors (Lipinski definition) is 0. The number of rotatable bonds is 1. The predicted octanol–water partition coefficient (Wildman–Crippen LogP) is 1.51. The van der Waals surface area contributed by atoms with Gasteiger partial charge in [0, 0.05) is 12.8 Å².